The van der Waals surface area contributed by atoms with Crippen LogP contribution in [0.2, 0.25) is 0 Å². The van der Waals surface area contributed by atoms with Crippen LogP contribution in [0.25, 0.3) is 0 Å². The second-order valence-corrected chi connectivity index (χ2v) is 5.35. The van der Waals surface area contributed by atoms with Crippen LogP contribution in [-0.4, -0.2) is 24.0 Å². The Morgan fingerprint density at radius 2 is 1.94 bits per heavy atom. The summed E-state index contributed by atoms with van der Waals surface area (Å²) in [4.78, 5) is 12.2. The van der Waals surface area contributed by atoms with Gasteiger partial charge in [-0.1, -0.05) is 44.2 Å². The molecule has 2 rings (SSSR count). The van der Waals surface area contributed by atoms with Gasteiger partial charge < -0.3 is 10.6 Å². The van der Waals surface area contributed by atoms with Gasteiger partial charge in [-0.2, -0.15) is 0 Å². The third kappa shape index (κ3) is 4.15. The third-order valence-corrected chi connectivity index (χ3v) is 3.06. The molecule has 3 heteroatoms. The molecule has 0 heterocycles. The summed E-state index contributed by atoms with van der Waals surface area (Å²) in [5.41, 5.74) is 1.20. The fourth-order valence-corrected chi connectivity index (χ4v) is 2.01. The van der Waals surface area contributed by atoms with Crippen LogP contribution in [-0.2, 0) is 11.2 Å². The lowest BCUT2D eigenvalue weighted by molar-refractivity contribution is -0.123. The minimum atomic E-state index is -0.131. The van der Waals surface area contributed by atoms with Crippen molar-refractivity contribution in [3.63, 3.8) is 0 Å². The average molecular weight is 246 g/mol. The Labute approximate surface area is 109 Å². The van der Waals surface area contributed by atoms with E-state index >= 15 is 0 Å². The molecular formula is C15H22N2O. The van der Waals surface area contributed by atoms with Gasteiger partial charge in [0.25, 0.3) is 0 Å². The maximum atomic E-state index is 12.2. The zero-order chi connectivity index (χ0) is 13.0. The summed E-state index contributed by atoms with van der Waals surface area (Å²) in [6.45, 7) is 4.14. The van der Waals surface area contributed by atoms with Gasteiger partial charge in [0.05, 0.1) is 6.04 Å². The Hall–Kier alpha value is -1.35. The maximum absolute atomic E-state index is 12.2. The normalized spacial score (nSPS) is 16.6. The molecule has 18 heavy (non-hydrogen) atoms. The molecule has 1 fully saturated rings. The Bertz CT molecular complexity index is 385. The van der Waals surface area contributed by atoms with Crippen molar-refractivity contribution in [3.8, 4) is 0 Å². The quantitative estimate of drug-likeness (QED) is 0.804. The molecule has 0 spiro atoms. The van der Waals surface area contributed by atoms with E-state index in [0.717, 1.165) is 19.3 Å². The van der Waals surface area contributed by atoms with Gasteiger partial charge in [-0.15, -0.1) is 0 Å². The number of rotatable bonds is 6. The predicted molar refractivity (Wildman–Crippen MR) is 73.4 cm³/mol. The molecule has 3 nitrogen and oxygen atoms in total. The summed E-state index contributed by atoms with van der Waals surface area (Å²) in [5, 5.41) is 6.43. The standard InChI is InChI=1S/C15H22N2O/c1-11(2)16-14(15(18)17-13-8-9-13)10-12-6-4-3-5-7-12/h3-7,11,13-14,16H,8-10H2,1-2H3,(H,17,18). The van der Waals surface area contributed by atoms with Gasteiger partial charge in [0, 0.05) is 12.1 Å². The van der Waals surface area contributed by atoms with E-state index in [1.165, 1.54) is 5.56 Å². The molecule has 1 aliphatic carbocycles. The molecule has 1 atom stereocenters. The SMILES string of the molecule is CC(C)NC(Cc1ccccc1)C(=O)NC1CC1. The number of hydrogen-bond donors (Lipinski definition) is 2. The van der Waals surface area contributed by atoms with Crippen molar-refractivity contribution in [1.29, 1.82) is 0 Å². The third-order valence-electron chi connectivity index (χ3n) is 3.06. The lowest BCUT2D eigenvalue weighted by atomic mass is 10.0. The van der Waals surface area contributed by atoms with Gasteiger partial charge in [0.1, 0.15) is 0 Å². The number of nitrogens with one attached hydrogen (secondary N) is 2. The molecule has 1 saturated carbocycles. The highest BCUT2D eigenvalue weighted by Crippen LogP contribution is 2.19. The highest BCUT2D eigenvalue weighted by atomic mass is 16.2. The molecule has 0 aliphatic heterocycles. The minimum absolute atomic E-state index is 0.131. The first-order valence-corrected chi connectivity index (χ1v) is 6.75. The Morgan fingerprint density at radius 1 is 1.28 bits per heavy atom. The number of carbonyl (C=O) groups is 1. The van der Waals surface area contributed by atoms with Crippen LogP contribution in [0.1, 0.15) is 32.3 Å². The van der Waals surface area contributed by atoms with Crippen LogP contribution < -0.4 is 10.6 Å². The van der Waals surface area contributed by atoms with Crippen LogP contribution in [0, 0.1) is 0 Å². The van der Waals surface area contributed by atoms with E-state index in [4.69, 9.17) is 0 Å². The van der Waals surface area contributed by atoms with E-state index in [9.17, 15) is 4.79 Å². The second-order valence-electron chi connectivity index (χ2n) is 5.35. The summed E-state index contributed by atoms with van der Waals surface area (Å²) in [7, 11) is 0. The molecule has 1 aliphatic rings. The van der Waals surface area contributed by atoms with Gasteiger partial charge in [-0.25, -0.2) is 0 Å². The van der Waals surface area contributed by atoms with Gasteiger partial charge in [0.2, 0.25) is 5.91 Å². The molecule has 0 bridgehead atoms. The first kappa shape index (κ1) is 13.1. The molecule has 1 unspecified atom stereocenters. The van der Waals surface area contributed by atoms with Crippen molar-refractivity contribution >= 4 is 5.91 Å². The monoisotopic (exact) mass is 246 g/mol. The predicted octanol–water partition coefficient (Wildman–Crippen LogP) is 1.87. The van der Waals surface area contributed by atoms with Gasteiger partial charge in [-0.05, 0) is 24.8 Å². The van der Waals surface area contributed by atoms with Crippen molar-refractivity contribution in [2.75, 3.05) is 0 Å². The van der Waals surface area contributed by atoms with Gasteiger partial charge in [-0.3, -0.25) is 4.79 Å². The first-order valence-electron chi connectivity index (χ1n) is 6.75. The average Bonchev–Trinajstić information content (AvgIpc) is 3.13. The second kappa shape index (κ2) is 6.01. The minimum Gasteiger partial charge on any atom is -0.352 e. The lowest BCUT2D eigenvalue weighted by Crippen LogP contribution is -2.48. The number of carbonyl (C=O) groups excluding carboxylic acids is 1. The molecule has 2 N–H and O–H groups in total. The molecule has 98 valence electrons. The van der Waals surface area contributed by atoms with Crippen molar-refractivity contribution < 1.29 is 4.79 Å². The Balaban J connectivity index is 1.97. The molecule has 0 radical (unpaired) electrons. The van der Waals surface area contributed by atoms with E-state index < -0.39 is 0 Å². The lowest BCUT2D eigenvalue weighted by Gasteiger charge is -2.20. The fourth-order valence-electron chi connectivity index (χ4n) is 2.01. The fraction of sp³-hybridized carbons (Fsp3) is 0.533. The van der Waals surface area contributed by atoms with Crippen LogP contribution in [0.5, 0.6) is 0 Å². The number of benzene rings is 1. The highest BCUT2D eigenvalue weighted by Gasteiger charge is 2.27. The Morgan fingerprint density at radius 3 is 2.50 bits per heavy atom. The first-order chi connectivity index (χ1) is 8.65. The molecule has 1 aromatic carbocycles. The van der Waals surface area contributed by atoms with E-state index in [2.05, 4.69) is 36.6 Å². The van der Waals surface area contributed by atoms with E-state index in [0.29, 0.717) is 12.1 Å². The molecule has 0 saturated heterocycles. The summed E-state index contributed by atoms with van der Waals surface area (Å²) in [6, 6.07) is 10.8. The molecule has 0 aromatic heterocycles. The van der Waals surface area contributed by atoms with Crippen LogP contribution in [0.15, 0.2) is 30.3 Å². The topological polar surface area (TPSA) is 41.1 Å². The van der Waals surface area contributed by atoms with Crippen LogP contribution >= 0.6 is 0 Å². The summed E-state index contributed by atoms with van der Waals surface area (Å²) in [5.74, 6) is 0.134. The molecule has 1 aromatic rings. The summed E-state index contributed by atoms with van der Waals surface area (Å²) >= 11 is 0. The largest absolute Gasteiger partial charge is 0.352 e. The number of amides is 1. The highest BCUT2D eigenvalue weighted by molar-refractivity contribution is 5.82. The van der Waals surface area contributed by atoms with E-state index in [1.54, 1.807) is 0 Å². The number of hydrogen-bond acceptors (Lipinski definition) is 2. The molecular weight excluding hydrogens is 224 g/mol. The van der Waals surface area contributed by atoms with Crippen molar-refractivity contribution in [2.45, 2.75) is 51.2 Å². The van der Waals surface area contributed by atoms with Crippen LogP contribution in [0.4, 0.5) is 0 Å². The Kier molecular flexibility index (Phi) is 4.37. The van der Waals surface area contributed by atoms with E-state index in [-0.39, 0.29) is 11.9 Å². The van der Waals surface area contributed by atoms with Crippen molar-refractivity contribution in [2.24, 2.45) is 0 Å². The summed E-state index contributed by atoms with van der Waals surface area (Å²) in [6.07, 6.45) is 3.01. The van der Waals surface area contributed by atoms with E-state index in [1.807, 2.05) is 18.2 Å². The van der Waals surface area contributed by atoms with Crippen molar-refractivity contribution in [1.82, 2.24) is 10.6 Å². The van der Waals surface area contributed by atoms with Gasteiger partial charge in [0.15, 0.2) is 0 Å². The van der Waals surface area contributed by atoms with Crippen molar-refractivity contribution in [3.05, 3.63) is 35.9 Å². The molecule has 1 amide bonds. The van der Waals surface area contributed by atoms with Crippen LogP contribution in [0.3, 0.4) is 0 Å². The zero-order valence-corrected chi connectivity index (χ0v) is 11.1. The summed E-state index contributed by atoms with van der Waals surface area (Å²) < 4.78 is 0. The zero-order valence-electron chi connectivity index (χ0n) is 11.1. The smallest absolute Gasteiger partial charge is 0.237 e. The maximum Gasteiger partial charge on any atom is 0.237 e. The van der Waals surface area contributed by atoms with Gasteiger partial charge >= 0.3 is 0 Å².